The minimum Gasteiger partial charge on any atom is -0.467 e. The van der Waals surface area contributed by atoms with Gasteiger partial charge >= 0.3 is 0 Å². The van der Waals surface area contributed by atoms with Crippen LogP contribution in [0.4, 0.5) is 0 Å². The van der Waals surface area contributed by atoms with Crippen LogP contribution in [0.5, 0.6) is 0 Å². The molecule has 0 saturated heterocycles. The van der Waals surface area contributed by atoms with Crippen molar-refractivity contribution in [2.75, 3.05) is 0 Å². The average molecular weight is 464 g/mol. The first kappa shape index (κ1) is 20.7. The molecule has 0 aliphatic carbocycles. The van der Waals surface area contributed by atoms with Gasteiger partial charge in [0.25, 0.3) is 5.56 Å². The summed E-state index contributed by atoms with van der Waals surface area (Å²) in [6.45, 7) is 4.74. The van der Waals surface area contributed by atoms with Crippen LogP contribution < -0.4 is 5.56 Å². The molecule has 32 heavy (non-hydrogen) atoms. The summed E-state index contributed by atoms with van der Waals surface area (Å²) in [5.41, 5.74) is 1.81. The highest BCUT2D eigenvalue weighted by molar-refractivity contribution is 7.98. The van der Waals surface area contributed by atoms with Gasteiger partial charge in [-0.3, -0.25) is 9.36 Å². The van der Waals surface area contributed by atoms with E-state index < -0.39 is 0 Å². The van der Waals surface area contributed by atoms with Gasteiger partial charge in [-0.25, -0.2) is 4.98 Å². The molecule has 0 unspecified atom stereocenters. The number of nitrogens with zero attached hydrogens (tertiary/aromatic N) is 4. The summed E-state index contributed by atoms with van der Waals surface area (Å²) in [5, 5.41) is 12.2. The van der Waals surface area contributed by atoms with E-state index >= 15 is 0 Å². The predicted octanol–water partition coefficient (Wildman–Crippen LogP) is 5.30. The number of benzene rings is 1. The summed E-state index contributed by atoms with van der Waals surface area (Å²) in [6.07, 6.45) is 1.66. The highest BCUT2D eigenvalue weighted by Gasteiger charge is 2.18. The van der Waals surface area contributed by atoms with Gasteiger partial charge in [-0.05, 0) is 17.7 Å². The van der Waals surface area contributed by atoms with Crippen LogP contribution in [0.15, 0.2) is 68.5 Å². The summed E-state index contributed by atoms with van der Waals surface area (Å²) >= 11 is 2.99. The van der Waals surface area contributed by atoms with E-state index in [4.69, 9.17) is 9.40 Å². The van der Waals surface area contributed by atoms with Crippen LogP contribution in [0.25, 0.3) is 21.3 Å². The number of aromatic nitrogens is 5. The van der Waals surface area contributed by atoms with E-state index in [2.05, 4.69) is 33.6 Å². The SMILES string of the molecule is CC(C)c1nnc(SCc2nc3scc(-c4ccccc4)c3c(=O)[nH]2)n1Cc1ccco1. The molecular formula is C23H21N5O2S2. The molecule has 1 N–H and O–H groups in total. The molecule has 0 saturated carbocycles. The number of thioether (sulfide) groups is 1. The third-order valence-corrected chi connectivity index (χ3v) is 6.92. The molecule has 0 aliphatic rings. The second-order valence-electron chi connectivity index (χ2n) is 7.66. The van der Waals surface area contributed by atoms with Gasteiger partial charge in [0.1, 0.15) is 22.2 Å². The molecule has 0 atom stereocenters. The Morgan fingerprint density at radius 1 is 1.16 bits per heavy atom. The lowest BCUT2D eigenvalue weighted by Crippen LogP contribution is -2.11. The van der Waals surface area contributed by atoms with Gasteiger partial charge in [0.2, 0.25) is 0 Å². The standard InChI is InChI=1S/C23H21N5O2S2/c1-14(2)20-26-27-23(28(20)11-16-9-6-10-30-16)32-13-18-24-21(29)19-17(12-31-22(19)25-18)15-7-4-3-5-8-15/h3-10,12,14H,11,13H2,1-2H3,(H,24,25,29). The normalized spacial score (nSPS) is 11.6. The molecule has 0 radical (unpaired) electrons. The van der Waals surface area contributed by atoms with E-state index in [9.17, 15) is 4.79 Å². The van der Waals surface area contributed by atoms with Crippen LogP contribution in [-0.2, 0) is 12.3 Å². The number of rotatable bonds is 7. The van der Waals surface area contributed by atoms with E-state index in [1.165, 1.54) is 23.1 Å². The quantitative estimate of drug-likeness (QED) is 0.330. The van der Waals surface area contributed by atoms with Crippen molar-refractivity contribution in [3.63, 3.8) is 0 Å². The zero-order valence-corrected chi connectivity index (χ0v) is 19.2. The van der Waals surface area contributed by atoms with Crippen LogP contribution in [-0.4, -0.2) is 24.7 Å². The molecule has 5 rings (SSSR count). The van der Waals surface area contributed by atoms with E-state index in [0.717, 1.165) is 32.7 Å². The molecular weight excluding hydrogens is 442 g/mol. The molecule has 4 aromatic heterocycles. The number of thiophene rings is 1. The zero-order valence-electron chi connectivity index (χ0n) is 17.6. The Balaban J connectivity index is 1.42. The molecule has 4 heterocycles. The van der Waals surface area contributed by atoms with Crippen molar-refractivity contribution in [1.29, 1.82) is 0 Å². The molecule has 0 bridgehead atoms. The fraction of sp³-hybridized carbons (Fsp3) is 0.217. The van der Waals surface area contributed by atoms with Crippen molar-refractivity contribution in [2.45, 2.75) is 37.2 Å². The highest BCUT2D eigenvalue weighted by atomic mass is 32.2. The van der Waals surface area contributed by atoms with Gasteiger partial charge in [-0.1, -0.05) is 55.9 Å². The molecule has 0 spiro atoms. The maximum atomic E-state index is 12.9. The lowest BCUT2D eigenvalue weighted by molar-refractivity contribution is 0.475. The molecule has 162 valence electrons. The third-order valence-electron chi connectivity index (χ3n) is 5.07. The van der Waals surface area contributed by atoms with E-state index in [1.54, 1.807) is 6.26 Å². The van der Waals surface area contributed by atoms with Gasteiger partial charge in [0, 0.05) is 16.9 Å². The van der Waals surface area contributed by atoms with Crippen LogP contribution in [0.2, 0.25) is 0 Å². The monoisotopic (exact) mass is 463 g/mol. The molecule has 1 aromatic carbocycles. The fourth-order valence-electron chi connectivity index (χ4n) is 3.57. The van der Waals surface area contributed by atoms with E-state index in [-0.39, 0.29) is 11.5 Å². The van der Waals surface area contributed by atoms with Gasteiger partial charge < -0.3 is 9.40 Å². The first-order valence-corrected chi connectivity index (χ1v) is 12.1. The van der Waals surface area contributed by atoms with Crippen molar-refractivity contribution in [3.05, 3.63) is 81.9 Å². The summed E-state index contributed by atoms with van der Waals surface area (Å²) in [6, 6.07) is 13.7. The second-order valence-corrected chi connectivity index (χ2v) is 9.46. The summed E-state index contributed by atoms with van der Waals surface area (Å²) in [4.78, 5) is 21.3. The van der Waals surface area contributed by atoms with E-state index in [0.29, 0.717) is 23.5 Å². The number of fused-ring (bicyclic) bond motifs is 1. The number of aromatic amines is 1. The number of hydrogen-bond acceptors (Lipinski definition) is 7. The van der Waals surface area contributed by atoms with Crippen molar-refractivity contribution in [3.8, 4) is 11.1 Å². The van der Waals surface area contributed by atoms with Crippen LogP contribution in [0, 0.1) is 0 Å². The zero-order chi connectivity index (χ0) is 22.1. The topological polar surface area (TPSA) is 89.6 Å². The minimum absolute atomic E-state index is 0.120. The number of furan rings is 1. The van der Waals surface area contributed by atoms with Crippen LogP contribution in [0.1, 0.15) is 37.2 Å². The Kier molecular flexibility index (Phi) is 5.67. The second kappa shape index (κ2) is 8.76. The number of hydrogen-bond donors (Lipinski definition) is 1. The predicted molar refractivity (Wildman–Crippen MR) is 127 cm³/mol. The minimum atomic E-state index is -0.120. The number of H-pyrrole nitrogens is 1. The van der Waals surface area contributed by atoms with Crippen molar-refractivity contribution >= 4 is 33.3 Å². The Labute approximate surface area is 192 Å². The van der Waals surface area contributed by atoms with Crippen molar-refractivity contribution in [1.82, 2.24) is 24.7 Å². The van der Waals surface area contributed by atoms with Gasteiger partial charge in [-0.2, -0.15) is 0 Å². The van der Waals surface area contributed by atoms with Crippen molar-refractivity contribution in [2.24, 2.45) is 0 Å². The van der Waals surface area contributed by atoms with Crippen LogP contribution in [0.3, 0.4) is 0 Å². The molecule has 0 amide bonds. The summed E-state index contributed by atoms with van der Waals surface area (Å²) in [5.74, 6) is 3.06. The molecule has 9 heteroatoms. The average Bonchev–Trinajstić information content (AvgIpc) is 3.53. The molecule has 0 fully saturated rings. The van der Waals surface area contributed by atoms with E-state index in [1.807, 2.05) is 47.8 Å². The molecule has 7 nitrogen and oxygen atoms in total. The summed E-state index contributed by atoms with van der Waals surface area (Å²) < 4.78 is 7.58. The maximum absolute atomic E-state index is 12.9. The Morgan fingerprint density at radius 2 is 2.00 bits per heavy atom. The van der Waals surface area contributed by atoms with Crippen molar-refractivity contribution < 1.29 is 4.42 Å². The van der Waals surface area contributed by atoms with Gasteiger partial charge in [0.15, 0.2) is 5.16 Å². The van der Waals surface area contributed by atoms with Gasteiger partial charge in [-0.15, -0.1) is 21.5 Å². The Morgan fingerprint density at radius 3 is 2.75 bits per heavy atom. The van der Waals surface area contributed by atoms with Gasteiger partial charge in [0.05, 0.1) is 23.9 Å². The summed E-state index contributed by atoms with van der Waals surface area (Å²) in [7, 11) is 0. The first-order chi connectivity index (χ1) is 15.6. The maximum Gasteiger partial charge on any atom is 0.260 e. The first-order valence-electron chi connectivity index (χ1n) is 10.2. The number of nitrogens with one attached hydrogen (secondary N) is 1. The molecule has 0 aliphatic heterocycles. The lowest BCUT2D eigenvalue weighted by atomic mass is 10.1. The fourth-order valence-corrected chi connectivity index (χ4v) is 5.35. The Bertz CT molecular complexity index is 1400. The Hall–Kier alpha value is -3.17. The molecule has 5 aromatic rings. The third kappa shape index (κ3) is 4.01. The smallest absolute Gasteiger partial charge is 0.260 e. The lowest BCUT2D eigenvalue weighted by Gasteiger charge is -2.10. The largest absolute Gasteiger partial charge is 0.467 e. The van der Waals surface area contributed by atoms with Crippen LogP contribution >= 0.6 is 23.1 Å². The highest BCUT2D eigenvalue weighted by Crippen LogP contribution is 2.31.